The number of carbonyl (C=O) groups is 1. The first-order chi connectivity index (χ1) is 9.69. The molecule has 1 heterocycles. The first kappa shape index (κ1) is 13.7. The Morgan fingerprint density at radius 1 is 1.45 bits per heavy atom. The predicted octanol–water partition coefficient (Wildman–Crippen LogP) is 2.23. The van der Waals surface area contributed by atoms with Gasteiger partial charge in [-0.25, -0.2) is 0 Å². The van der Waals surface area contributed by atoms with Gasteiger partial charge in [-0.15, -0.1) is 0 Å². The molecule has 0 aliphatic rings. The standard InChI is InChI=1S/C15H14N2O3/c1-11(15(18)17-10-14-6-3-7-19-14)20-13-5-2-4-12(8-13)9-16/h2-8,11H,10H2,1H3,(H,17,18)/t11-/m0/s1. The lowest BCUT2D eigenvalue weighted by molar-refractivity contribution is -0.127. The molecular weight excluding hydrogens is 256 g/mol. The number of hydrogen-bond donors (Lipinski definition) is 1. The zero-order chi connectivity index (χ0) is 14.4. The molecule has 5 nitrogen and oxygen atoms in total. The Morgan fingerprint density at radius 2 is 2.30 bits per heavy atom. The van der Waals surface area contributed by atoms with Crippen molar-refractivity contribution < 1.29 is 13.9 Å². The van der Waals surface area contributed by atoms with Gasteiger partial charge in [-0.2, -0.15) is 5.26 Å². The smallest absolute Gasteiger partial charge is 0.261 e. The average Bonchev–Trinajstić information content (AvgIpc) is 2.98. The average molecular weight is 270 g/mol. The summed E-state index contributed by atoms with van der Waals surface area (Å²) in [6.07, 6.45) is 0.897. The van der Waals surface area contributed by atoms with E-state index in [4.69, 9.17) is 14.4 Å². The quantitative estimate of drug-likeness (QED) is 0.904. The van der Waals surface area contributed by atoms with Gasteiger partial charge in [0.15, 0.2) is 6.10 Å². The van der Waals surface area contributed by atoms with Crippen LogP contribution in [0.5, 0.6) is 5.75 Å². The molecular formula is C15H14N2O3. The molecule has 2 rings (SSSR count). The van der Waals surface area contributed by atoms with Crippen LogP contribution in [0.3, 0.4) is 0 Å². The summed E-state index contributed by atoms with van der Waals surface area (Å²) in [5.74, 6) is 0.922. The molecule has 0 fully saturated rings. The molecule has 1 aromatic heterocycles. The fourth-order valence-corrected chi connectivity index (χ4v) is 1.63. The normalized spacial score (nSPS) is 11.4. The van der Waals surface area contributed by atoms with E-state index >= 15 is 0 Å². The number of nitrogens with one attached hydrogen (secondary N) is 1. The lowest BCUT2D eigenvalue weighted by Gasteiger charge is -2.14. The summed E-state index contributed by atoms with van der Waals surface area (Å²) in [6.45, 7) is 1.97. The van der Waals surface area contributed by atoms with Crippen LogP contribution in [0.4, 0.5) is 0 Å². The Balaban J connectivity index is 1.88. The number of amides is 1. The molecule has 1 N–H and O–H groups in total. The summed E-state index contributed by atoms with van der Waals surface area (Å²) in [4.78, 5) is 11.9. The summed E-state index contributed by atoms with van der Waals surface area (Å²) in [5, 5.41) is 11.5. The molecule has 0 saturated carbocycles. The number of ether oxygens (including phenoxy) is 1. The lowest BCUT2D eigenvalue weighted by Crippen LogP contribution is -2.35. The van der Waals surface area contributed by atoms with Crippen LogP contribution in [0.1, 0.15) is 18.2 Å². The molecule has 5 heteroatoms. The largest absolute Gasteiger partial charge is 0.481 e. The van der Waals surface area contributed by atoms with E-state index in [-0.39, 0.29) is 5.91 Å². The monoisotopic (exact) mass is 270 g/mol. The zero-order valence-electron chi connectivity index (χ0n) is 11.0. The van der Waals surface area contributed by atoms with Gasteiger partial charge in [-0.3, -0.25) is 4.79 Å². The van der Waals surface area contributed by atoms with Crippen LogP contribution in [0.15, 0.2) is 47.1 Å². The van der Waals surface area contributed by atoms with E-state index < -0.39 is 6.10 Å². The Hall–Kier alpha value is -2.74. The topological polar surface area (TPSA) is 75.3 Å². The number of benzene rings is 1. The number of hydrogen-bond acceptors (Lipinski definition) is 4. The molecule has 0 bridgehead atoms. The third-order valence-corrected chi connectivity index (χ3v) is 2.66. The Morgan fingerprint density at radius 3 is 3.00 bits per heavy atom. The predicted molar refractivity (Wildman–Crippen MR) is 71.8 cm³/mol. The van der Waals surface area contributed by atoms with Crippen LogP contribution in [-0.4, -0.2) is 12.0 Å². The molecule has 1 aromatic carbocycles. The van der Waals surface area contributed by atoms with Gasteiger partial charge in [0, 0.05) is 0 Å². The number of rotatable bonds is 5. The van der Waals surface area contributed by atoms with Crippen molar-refractivity contribution in [2.45, 2.75) is 19.6 Å². The van der Waals surface area contributed by atoms with Crippen molar-refractivity contribution in [1.29, 1.82) is 5.26 Å². The SMILES string of the molecule is C[C@H](Oc1cccc(C#N)c1)C(=O)NCc1ccco1. The minimum atomic E-state index is -0.654. The summed E-state index contributed by atoms with van der Waals surface area (Å²) in [7, 11) is 0. The lowest BCUT2D eigenvalue weighted by atomic mass is 10.2. The molecule has 20 heavy (non-hydrogen) atoms. The van der Waals surface area contributed by atoms with Crippen LogP contribution >= 0.6 is 0 Å². The maximum Gasteiger partial charge on any atom is 0.261 e. The van der Waals surface area contributed by atoms with Crippen molar-refractivity contribution in [2.24, 2.45) is 0 Å². The van der Waals surface area contributed by atoms with Crippen molar-refractivity contribution in [3.63, 3.8) is 0 Å². The van der Waals surface area contributed by atoms with Gasteiger partial charge in [0.25, 0.3) is 5.91 Å². The number of carbonyl (C=O) groups excluding carboxylic acids is 1. The molecule has 0 radical (unpaired) electrons. The summed E-state index contributed by atoms with van der Waals surface area (Å²) in [6, 6.07) is 12.2. The van der Waals surface area contributed by atoms with E-state index in [1.165, 1.54) is 0 Å². The van der Waals surface area contributed by atoms with Crippen molar-refractivity contribution in [3.05, 3.63) is 54.0 Å². The molecule has 0 spiro atoms. The van der Waals surface area contributed by atoms with Crippen molar-refractivity contribution >= 4 is 5.91 Å². The summed E-state index contributed by atoms with van der Waals surface area (Å²) in [5.41, 5.74) is 0.491. The van der Waals surface area contributed by atoms with E-state index in [1.807, 2.05) is 6.07 Å². The first-order valence-electron chi connectivity index (χ1n) is 6.16. The first-order valence-corrected chi connectivity index (χ1v) is 6.16. The fourth-order valence-electron chi connectivity index (χ4n) is 1.63. The highest BCUT2D eigenvalue weighted by molar-refractivity contribution is 5.80. The minimum Gasteiger partial charge on any atom is -0.481 e. The maximum atomic E-state index is 11.9. The summed E-state index contributed by atoms with van der Waals surface area (Å²) < 4.78 is 10.6. The maximum absolute atomic E-state index is 11.9. The van der Waals surface area contributed by atoms with Crippen LogP contribution in [0, 0.1) is 11.3 Å². The molecule has 1 atom stereocenters. The number of nitriles is 1. The Labute approximate surface area is 116 Å². The molecule has 0 aliphatic carbocycles. The molecule has 0 unspecified atom stereocenters. The highest BCUT2D eigenvalue weighted by atomic mass is 16.5. The van der Waals surface area contributed by atoms with Gasteiger partial charge in [0.1, 0.15) is 11.5 Å². The molecule has 102 valence electrons. The third kappa shape index (κ3) is 3.62. The fraction of sp³-hybridized carbons (Fsp3) is 0.200. The van der Waals surface area contributed by atoms with Gasteiger partial charge in [-0.05, 0) is 37.3 Å². The molecule has 0 aliphatic heterocycles. The minimum absolute atomic E-state index is 0.247. The van der Waals surface area contributed by atoms with Crippen LogP contribution in [0.25, 0.3) is 0 Å². The van der Waals surface area contributed by atoms with E-state index in [0.29, 0.717) is 23.6 Å². The second-order valence-corrected chi connectivity index (χ2v) is 4.20. The van der Waals surface area contributed by atoms with E-state index in [1.54, 1.807) is 49.6 Å². The van der Waals surface area contributed by atoms with Crippen molar-refractivity contribution in [1.82, 2.24) is 5.32 Å². The second kappa shape index (κ2) is 6.43. The second-order valence-electron chi connectivity index (χ2n) is 4.20. The van der Waals surface area contributed by atoms with Gasteiger partial charge in [0.2, 0.25) is 0 Å². The van der Waals surface area contributed by atoms with Crippen molar-refractivity contribution in [3.8, 4) is 11.8 Å². The van der Waals surface area contributed by atoms with E-state index in [2.05, 4.69) is 5.32 Å². The Bertz CT molecular complexity index is 614. The molecule has 2 aromatic rings. The van der Waals surface area contributed by atoms with E-state index in [0.717, 1.165) is 0 Å². The number of furan rings is 1. The van der Waals surface area contributed by atoms with Gasteiger partial charge in [-0.1, -0.05) is 6.07 Å². The van der Waals surface area contributed by atoms with Crippen LogP contribution < -0.4 is 10.1 Å². The zero-order valence-corrected chi connectivity index (χ0v) is 11.0. The summed E-state index contributed by atoms with van der Waals surface area (Å²) >= 11 is 0. The van der Waals surface area contributed by atoms with Gasteiger partial charge < -0.3 is 14.5 Å². The highest BCUT2D eigenvalue weighted by Crippen LogP contribution is 2.14. The van der Waals surface area contributed by atoms with Gasteiger partial charge >= 0.3 is 0 Å². The third-order valence-electron chi connectivity index (χ3n) is 2.66. The van der Waals surface area contributed by atoms with Crippen LogP contribution in [-0.2, 0) is 11.3 Å². The molecule has 1 amide bonds. The highest BCUT2D eigenvalue weighted by Gasteiger charge is 2.14. The molecule has 0 saturated heterocycles. The van der Waals surface area contributed by atoms with E-state index in [9.17, 15) is 4.79 Å². The van der Waals surface area contributed by atoms with Gasteiger partial charge in [0.05, 0.1) is 24.4 Å². The van der Waals surface area contributed by atoms with Crippen LogP contribution in [0.2, 0.25) is 0 Å². The Kier molecular flexibility index (Phi) is 4.40. The number of nitrogens with zero attached hydrogens (tertiary/aromatic N) is 1. The van der Waals surface area contributed by atoms with Crippen molar-refractivity contribution in [2.75, 3.05) is 0 Å².